The molecule has 1 spiro atoms. The maximum absolute atomic E-state index is 12.9. The number of amides is 1. The summed E-state index contributed by atoms with van der Waals surface area (Å²) >= 11 is 0. The predicted molar refractivity (Wildman–Crippen MR) is 95.5 cm³/mol. The zero-order valence-electron chi connectivity index (χ0n) is 15.3. The van der Waals surface area contributed by atoms with Gasteiger partial charge in [0.2, 0.25) is 5.91 Å². The summed E-state index contributed by atoms with van der Waals surface area (Å²) < 4.78 is 4.04. The van der Waals surface area contributed by atoms with Gasteiger partial charge in [-0.3, -0.25) is 9.48 Å². The van der Waals surface area contributed by atoms with Crippen molar-refractivity contribution < 1.29 is 4.79 Å². The maximum Gasteiger partial charge on any atom is 0.244 e. The van der Waals surface area contributed by atoms with Crippen molar-refractivity contribution >= 4 is 5.91 Å². The van der Waals surface area contributed by atoms with Gasteiger partial charge in [0.15, 0.2) is 0 Å². The first-order chi connectivity index (χ1) is 12.6. The van der Waals surface area contributed by atoms with Crippen molar-refractivity contribution in [1.29, 1.82) is 0 Å². The van der Waals surface area contributed by atoms with Crippen molar-refractivity contribution in [2.24, 2.45) is 5.41 Å². The van der Waals surface area contributed by atoms with Crippen LogP contribution in [0.2, 0.25) is 0 Å². The van der Waals surface area contributed by atoms with E-state index in [1.54, 1.807) is 10.9 Å². The largest absolute Gasteiger partial charge is 0.340 e. The Kier molecular flexibility index (Phi) is 3.65. The van der Waals surface area contributed by atoms with Crippen molar-refractivity contribution in [2.45, 2.75) is 64.0 Å². The first-order valence-corrected chi connectivity index (χ1v) is 9.81. The second-order valence-electron chi connectivity index (χ2n) is 8.44. The highest BCUT2D eigenvalue weighted by Crippen LogP contribution is 2.53. The fraction of sp³-hybridized carbons (Fsp3) is 0.684. The molecule has 0 radical (unpaired) electrons. The minimum atomic E-state index is 0.166. The van der Waals surface area contributed by atoms with Gasteiger partial charge in [0, 0.05) is 31.2 Å². The molecule has 7 nitrogen and oxygen atoms in total. The third-order valence-corrected chi connectivity index (χ3v) is 6.51. The minimum Gasteiger partial charge on any atom is -0.340 e. The lowest BCUT2D eigenvalue weighted by Crippen LogP contribution is -2.33. The Morgan fingerprint density at radius 3 is 2.81 bits per heavy atom. The van der Waals surface area contributed by atoms with Crippen molar-refractivity contribution in [2.75, 3.05) is 13.1 Å². The Morgan fingerprint density at radius 2 is 2.12 bits per heavy atom. The molecule has 2 aromatic rings. The molecule has 0 aromatic carbocycles. The quantitative estimate of drug-likeness (QED) is 0.845. The van der Waals surface area contributed by atoms with Gasteiger partial charge in [-0.05, 0) is 43.6 Å². The Hall–Kier alpha value is -2.18. The fourth-order valence-corrected chi connectivity index (χ4v) is 5.03. The molecule has 1 unspecified atom stereocenters. The van der Waals surface area contributed by atoms with Crippen LogP contribution in [0.3, 0.4) is 0 Å². The van der Waals surface area contributed by atoms with Crippen LogP contribution in [0.1, 0.15) is 61.9 Å². The van der Waals surface area contributed by atoms with Gasteiger partial charge < -0.3 is 9.47 Å². The highest BCUT2D eigenvalue weighted by Gasteiger charge is 2.52. The van der Waals surface area contributed by atoms with E-state index in [1.807, 2.05) is 19.4 Å². The second-order valence-corrected chi connectivity index (χ2v) is 8.44. The van der Waals surface area contributed by atoms with Gasteiger partial charge in [-0.2, -0.15) is 5.10 Å². The highest BCUT2D eigenvalue weighted by atomic mass is 16.2. The molecule has 1 aliphatic heterocycles. The van der Waals surface area contributed by atoms with Crippen molar-refractivity contribution in [3.63, 3.8) is 0 Å². The molecule has 0 N–H and O–H groups in total. The molecule has 3 fully saturated rings. The standard InChI is InChI=1S/C19H26N6O/c1-14-8-21-24(9-14)11-17(26)23-10-16(19(12-23)6-2-3-7-19)18-22-20-13-25(18)15-4-5-15/h8-9,13,15-16H,2-7,10-12H2,1H3. The SMILES string of the molecule is Cc1cnn(CC(=O)N2CC(c3nncn3C3CC3)C3(CCCC3)C2)c1. The molecule has 2 aromatic heterocycles. The van der Waals surface area contributed by atoms with Gasteiger partial charge in [0.05, 0.1) is 6.20 Å². The van der Waals surface area contributed by atoms with E-state index in [2.05, 4.69) is 24.8 Å². The van der Waals surface area contributed by atoms with E-state index in [-0.39, 0.29) is 11.3 Å². The number of aromatic nitrogens is 5. The lowest BCUT2D eigenvalue weighted by atomic mass is 9.76. The zero-order chi connectivity index (χ0) is 17.7. The smallest absolute Gasteiger partial charge is 0.244 e. The van der Waals surface area contributed by atoms with Crippen LogP contribution in [0.5, 0.6) is 0 Å². The van der Waals surface area contributed by atoms with Crippen molar-refractivity contribution in [3.8, 4) is 0 Å². The zero-order valence-corrected chi connectivity index (χ0v) is 15.3. The molecule has 138 valence electrons. The third kappa shape index (κ3) is 2.64. The van der Waals surface area contributed by atoms with Gasteiger partial charge in [-0.1, -0.05) is 12.8 Å². The first kappa shape index (κ1) is 16.0. The Labute approximate surface area is 153 Å². The molecule has 1 saturated heterocycles. The molecule has 2 saturated carbocycles. The van der Waals surface area contributed by atoms with E-state index in [0.29, 0.717) is 18.5 Å². The van der Waals surface area contributed by atoms with Gasteiger partial charge in [-0.25, -0.2) is 0 Å². The lowest BCUT2D eigenvalue weighted by Gasteiger charge is -2.29. The molecule has 5 rings (SSSR count). The number of carbonyl (C=O) groups is 1. The fourth-order valence-electron chi connectivity index (χ4n) is 5.03. The molecular weight excluding hydrogens is 328 g/mol. The van der Waals surface area contributed by atoms with Crippen LogP contribution in [0.4, 0.5) is 0 Å². The molecule has 3 aliphatic rings. The molecule has 3 heterocycles. The molecule has 1 amide bonds. The highest BCUT2D eigenvalue weighted by molar-refractivity contribution is 5.76. The van der Waals surface area contributed by atoms with E-state index in [1.165, 1.54) is 38.5 Å². The van der Waals surface area contributed by atoms with Crippen LogP contribution in [0.15, 0.2) is 18.7 Å². The average molecular weight is 354 g/mol. The number of hydrogen-bond acceptors (Lipinski definition) is 4. The molecule has 2 aliphatic carbocycles. The predicted octanol–water partition coefficient (Wildman–Crippen LogP) is 2.30. The van der Waals surface area contributed by atoms with Gasteiger partial charge in [0.1, 0.15) is 18.7 Å². The molecule has 0 bridgehead atoms. The number of aryl methyl sites for hydroxylation is 1. The van der Waals surface area contributed by atoms with E-state index in [0.717, 1.165) is 24.5 Å². The van der Waals surface area contributed by atoms with E-state index < -0.39 is 0 Å². The summed E-state index contributed by atoms with van der Waals surface area (Å²) in [6.45, 7) is 3.95. The van der Waals surface area contributed by atoms with Gasteiger partial charge in [0.25, 0.3) is 0 Å². The molecule has 1 atom stereocenters. The number of hydrogen-bond donors (Lipinski definition) is 0. The van der Waals surface area contributed by atoms with Crippen LogP contribution in [0, 0.1) is 12.3 Å². The summed E-state index contributed by atoms with van der Waals surface area (Å²) in [7, 11) is 0. The number of nitrogens with zero attached hydrogens (tertiary/aromatic N) is 6. The second kappa shape index (κ2) is 5.93. The van der Waals surface area contributed by atoms with Crippen molar-refractivity contribution in [1.82, 2.24) is 29.4 Å². The lowest BCUT2D eigenvalue weighted by molar-refractivity contribution is -0.131. The Bertz CT molecular complexity index is 814. The van der Waals surface area contributed by atoms with Crippen LogP contribution in [0.25, 0.3) is 0 Å². The summed E-state index contributed by atoms with van der Waals surface area (Å²) in [6, 6.07) is 0.579. The normalized spacial score (nSPS) is 24.7. The van der Waals surface area contributed by atoms with Crippen molar-refractivity contribution in [3.05, 3.63) is 30.1 Å². The van der Waals surface area contributed by atoms with Crippen LogP contribution in [-0.2, 0) is 11.3 Å². The van der Waals surface area contributed by atoms with Crippen LogP contribution in [-0.4, -0.2) is 48.4 Å². The molecular formula is C19H26N6O. The van der Waals surface area contributed by atoms with E-state index in [4.69, 9.17) is 0 Å². The molecule has 26 heavy (non-hydrogen) atoms. The topological polar surface area (TPSA) is 68.8 Å². The molecule has 7 heteroatoms. The first-order valence-electron chi connectivity index (χ1n) is 9.81. The monoisotopic (exact) mass is 354 g/mol. The maximum atomic E-state index is 12.9. The summed E-state index contributed by atoms with van der Waals surface area (Å²) in [4.78, 5) is 15.0. The summed E-state index contributed by atoms with van der Waals surface area (Å²) in [5, 5.41) is 13.0. The summed E-state index contributed by atoms with van der Waals surface area (Å²) in [6.07, 6.45) is 13.0. The Balaban J connectivity index is 1.40. The van der Waals surface area contributed by atoms with Crippen LogP contribution < -0.4 is 0 Å². The van der Waals surface area contributed by atoms with Gasteiger partial charge >= 0.3 is 0 Å². The van der Waals surface area contributed by atoms with E-state index in [9.17, 15) is 4.79 Å². The minimum absolute atomic E-state index is 0.166. The summed E-state index contributed by atoms with van der Waals surface area (Å²) in [5.74, 6) is 1.59. The third-order valence-electron chi connectivity index (χ3n) is 6.51. The number of rotatable bonds is 4. The summed E-state index contributed by atoms with van der Waals surface area (Å²) in [5.41, 5.74) is 1.27. The van der Waals surface area contributed by atoms with Crippen LogP contribution >= 0.6 is 0 Å². The van der Waals surface area contributed by atoms with Gasteiger partial charge in [-0.15, -0.1) is 10.2 Å². The number of likely N-dealkylation sites (tertiary alicyclic amines) is 1. The Morgan fingerprint density at radius 1 is 1.31 bits per heavy atom. The number of carbonyl (C=O) groups excluding carboxylic acids is 1. The van der Waals surface area contributed by atoms with E-state index >= 15 is 0 Å². The average Bonchev–Trinajstić information content (AvgIpc) is 3.04.